The summed E-state index contributed by atoms with van der Waals surface area (Å²) in [5.74, 6) is -0.439. The summed E-state index contributed by atoms with van der Waals surface area (Å²) in [6, 6.07) is 0.247. The van der Waals surface area contributed by atoms with E-state index in [0.29, 0.717) is 12.6 Å². The first-order valence-corrected chi connectivity index (χ1v) is 6.05. The van der Waals surface area contributed by atoms with Gasteiger partial charge in [-0.1, -0.05) is 6.92 Å². The zero-order valence-electron chi connectivity index (χ0n) is 10.5. The zero-order chi connectivity index (χ0) is 13.1. The number of aromatic carboxylic acids is 1. The molecule has 1 N–H and O–H groups in total. The van der Waals surface area contributed by atoms with Crippen LogP contribution >= 0.6 is 0 Å². The monoisotopic (exact) mass is 251 g/mol. The van der Waals surface area contributed by atoms with Crippen molar-refractivity contribution < 1.29 is 14.6 Å². The van der Waals surface area contributed by atoms with Gasteiger partial charge in [0.15, 0.2) is 0 Å². The molecule has 2 atom stereocenters. The van der Waals surface area contributed by atoms with Gasteiger partial charge in [0, 0.05) is 18.9 Å². The van der Waals surface area contributed by atoms with Gasteiger partial charge in [-0.15, -0.1) is 0 Å². The number of carboxylic acid groups (broad SMARTS) is 1. The molecule has 1 fully saturated rings. The van der Waals surface area contributed by atoms with E-state index in [0.717, 1.165) is 13.0 Å². The predicted molar refractivity (Wildman–Crippen MR) is 65.8 cm³/mol. The smallest absolute Gasteiger partial charge is 0.338 e. The molecule has 0 aliphatic carbocycles. The summed E-state index contributed by atoms with van der Waals surface area (Å²) < 4.78 is 5.60. The molecular formula is C12H17N3O3. The van der Waals surface area contributed by atoms with Crippen molar-refractivity contribution in [3.05, 3.63) is 18.0 Å². The minimum atomic E-state index is -1.01. The van der Waals surface area contributed by atoms with Gasteiger partial charge in [-0.25, -0.2) is 14.8 Å². The third kappa shape index (κ3) is 2.59. The van der Waals surface area contributed by atoms with Gasteiger partial charge in [0.05, 0.1) is 24.3 Å². The number of morpholine rings is 1. The summed E-state index contributed by atoms with van der Waals surface area (Å²) in [6.45, 7) is 5.47. The fourth-order valence-electron chi connectivity index (χ4n) is 2.01. The molecule has 1 aliphatic rings. The maximum Gasteiger partial charge on any atom is 0.338 e. The summed E-state index contributed by atoms with van der Waals surface area (Å²) in [4.78, 5) is 21.1. The van der Waals surface area contributed by atoms with Crippen molar-refractivity contribution in [3.8, 4) is 0 Å². The van der Waals surface area contributed by atoms with E-state index >= 15 is 0 Å². The standard InChI is InChI=1S/C12H17N3O3/c1-3-10-7-18-8(2)6-15(10)12-13-4-9(5-14-12)11(16)17/h4-5,8,10H,3,6-7H2,1-2H3,(H,16,17). The zero-order valence-corrected chi connectivity index (χ0v) is 10.5. The summed E-state index contributed by atoms with van der Waals surface area (Å²) in [5.41, 5.74) is 0.105. The van der Waals surface area contributed by atoms with Crippen LogP contribution in [0.25, 0.3) is 0 Å². The van der Waals surface area contributed by atoms with E-state index < -0.39 is 5.97 Å². The van der Waals surface area contributed by atoms with Crippen molar-refractivity contribution >= 4 is 11.9 Å². The van der Waals surface area contributed by atoms with Crippen LogP contribution in [0.1, 0.15) is 30.6 Å². The maximum absolute atomic E-state index is 10.7. The van der Waals surface area contributed by atoms with Gasteiger partial charge in [-0.2, -0.15) is 0 Å². The first kappa shape index (κ1) is 12.8. The third-order valence-electron chi connectivity index (χ3n) is 3.08. The van der Waals surface area contributed by atoms with Crippen molar-refractivity contribution in [1.29, 1.82) is 0 Å². The Morgan fingerprint density at radius 1 is 1.56 bits per heavy atom. The Bertz CT molecular complexity index is 421. The number of carboxylic acids is 1. The fourth-order valence-corrected chi connectivity index (χ4v) is 2.01. The number of hydrogen-bond donors (Lipinski definition) is 1. The third-order valence-corrected chi connectivity index (χ3v) is 3.08. The topological polar surface area (TPSA) is 75.5 Å². The molecule has 98 valence electrons. The van der Waals surface area contributed by atoms with Crippen molar-refractivity contribution in [2.45, 2.75) is 32.4 Å². The molecule has 0 amide bonds. The predicted octanol–water partition coefficient (Wildman–Crippen LogP) is 1.18. The fraction of sp³-hybridized carbons (Fsp3) is 0.583. The first-order valence-electron chi connectivity index (χ1n) is 6.05. The van der Waals surface area contributed by atoms with E-state index in [1.807, 2.05) is 6.92 Å². The lowest BCUT2D eigenvalue weighted by molar-refractivity contribution is 0.0292. The van der Waals surface area contributed by atoms with Crippen molar-refractivity contribution in [3.63, 3.8) is 0 Å². The van der Waals surface area contributed by atoms with Crippen LogP contribution in [0.5, 0.6) is 0 Å². The molecule has 0 aromatic carbocycles. The van der Waals surface area contributed by atoms with Gasteiger partial charge >= 0.3 is 5.97 Å². The molecule has 6 nitrogen and oxygen atoms in total. The molecule has 1 saturated heterocycles. The van der Waals surface area contributed by atoms with Crippen LogP contribution in [0.4, 0.5) is 5.95 Å². The maximum atomic E-state index is 10.7. The molecule has 2 heterocycles. The number of hydrogen-bond acceptors (Lipinski definition) is 5. The molecule has 6 heteroatoms. The van der Waals surface area contributed by atoms with Crippen LogP contribution in [0.2, 0.25) is 0 Å². The lowest BCUT2D eigenvalue weighted by Gasteiger charge is -2.38. The molecule has 18 heavy (non-hydrogen) atoms. The highest BCUT2D eigenvalue weighted by molar-refractivity contribution is 5.86. The number of nitrogens with zero attached hydrogens (tertiary/aromatic N) is 3. The highest BCUT2D eigenvalue weighted by Crippen LogP contribution is 2.19. The number of carbonyl (C=O) groups is 1. The van der Waals surface area contributed by atoms with E-state index in [1.165, 1.54) is 12.4 Å². The molecule has 2 unspecified atom stereocenters. The minimum Gasteiger partial charge on any atom is -0.478 e. The number of ether oxygens (including phenoxy) is 1. The van der Waals surface area contributed by atoms with E-state index in [-0.39, 0.29) is 17.7 Å². The number of rotatable bonds is 3. The highest BCUT2D eigenvalue weighted by atomic mass is 16.5. The molecule has 0 saturated carbocycles. The summed E-state index contributed by atoms with van der Waals surface area (Å²) >= 11 is 0. The average molecular weight is 251 g/mol. The average Bonchev–Trinajstić information content (AvgIpc) is 2.39. The van der Waals surface area contributed by atoms with Crippen LogP contribution < -0.4 is 4.90 Å². The Morgan fingerprint density at radius 2 is 2.22 bits per heavy atom. The second-order valence-corrected chi connectivity index (χ2v) is 4.44. The van der Waals surface area contributed by atoms with Gasteiger partial charge in [0.1, 0.15) is 0 Å². The van der Waals surface area contributed by atoms with Crippen molar-refractivity contribution in [1.82, 2.24) is 9.97 Å². The molecule has 1 aliphatic heterocycles. The Morgan fingerprint density at radius 3 is 2.78 bits per heavy atom. The number of anilines is 1. The Kier molecular flexibility index (Phi) is 3.76. The Labute approximate surface area is 106 Å². The summed E-state index contributed by atoms with van der Waals surface area (Å²) in [6.07, 6.45) is 3.77. The lowest BCUT2D eigenvalue weighted by Crippen LogP contribution is -2.49. The number of aromatic nitrogens is 2. The van der Waals surface area contributed by atoms with Gasteiger partial charge in [0.2, 0.25) is 5.95 Å². The highest BCUT2D eigenvalue weighted by Gasteiger charge is 2.27. The van der Waals surface area contributed by atoms with Gasteiger partial charge in [-0.3, -0.25) is 0 Å². The second-order valence-electron chi connectivity index (χ2n) is 4.44. The van der Waals surface area contributed by atoms with Crippen LogP contribution in [0, 0.1) is 0 Å². The van der Waals surface area contributed by atoms with Crippen molar-refractivity contribution in [2.75, 3.05) is 18.1 Å². The van der Waals surface area contributed by atoms with Gasteiger partial charge in [0.25, 0.3) is 0 Å². The molecule has 1 aromatic rings. The summed E-state index contributed by atoms with van der Waals surface area (Å²) in [7, 11) is 0. The molecule has 0 radical (unpaired) electrons. The minimum absolute atomic E-state index is 0.105. The normalized spacial score (nSPS) is 24.0. The molecular weight excluding hydrogens is 234 g/mol. The van der Waals surface area contributed by atoms with Crippen molar-refractivity contribution in [2.24, 2.45) is 0 Å². The Balaban J connectivity index is 2.20. The van der Waals surface area contributed by atoms with Gasteiger partial charge in [-0.05, 0) is 13.3 Å². The van der Waals surface area contributed by atoms with Crippen LogP contribution in [0.15, 0.2) is 12.4 Å². The molecule has 1 aromatic heterocycles. The van der Waals surface area contributed by atoms with Crippen LogP contribution in [0.3, 0.4) is 0 Å². The van der Waals surface area contributed by atoms with Crippen LogP contribution in [-0.2, 0) is 4.74 Å². The summed E-state index contributed by atoms with van der Waals surface area (Å²) in [5, 5.41) is 8.81. The van der Waals surface area contributed by atoms with E-state index in [2.05, 4.69) is 21.8 Å². The van der Waals surface area contributed by atoms with Crippen LogP contribution in [-0.4, -0.2) is 46.3 Å². The first-order chi connectivity index (χ1) is 8.61. The Hall–Kier alpha value is -1.69. The second kappa shape index (κ2) is 5.30. The molecule has 0 bridgehead atoms. The van der Waals surface area contributed by atoms with E-state index in [1.54, 1.807) is 0 Å². The quantitative estimate of drug-likeness (QED) is 0.869. The van der Waals surface area contributed by atoms with Gasteiger partial charge < -0.3 is 14.7 Å². The largest absolute Gasteiger partial charge is 0.478 e. The lowest BCUT2D eigenvalue weighted by atomic mass is 10.1. The molecule has 0 spiro atoms. The van der Waals surface area contributed by atoms with E-state index in [9.17, 15) is 4.79 Å². The SMILES string of the molecule is CCC1COC(C)CN1c1ncc(C(=O)O)cn1. The van der Waals surface area contributed by atoms with E-state index in [4.69, 9.17) is 9.84 Å². The molecule has 2 rings (SSSR count).